The third-order valence-electron chi connectivity index (χ3n) is 4.66. The zero-order chi connectivity index (χ0) is 13.9. The number of anilines is 1. The standard InChI is InChI=1S/C16H24ClN3/c17-15-3-1-2-4-16(15)20-9-7-19(8-10-20)12-13-5-6-14(18)11-13/h1-4,13-14H,5-12,18H2. The van der Waals surface area contributed by atoms with Gasteiger partial charge >= 0.3 is 0 Å². The van der Waals surface area contributed by atoms with E-state index >= 15 is 0 Å². The minimum absolute atomic E-state index is 0.449. The Hall–Kier alpha value is -0.770. The Morgan fingerprint density at radius 2 is 1.85 bits per heavy atom. The smallest absolute Gasteiger partial charge is 0.0639 e. The van der Waals surface area contributed by atoms with Crippen molar-refractivity contribution in [1.29, 1.82) is 0 Å². The van der Waals surface area contributed by atoms with Crippen molar-refractivity contribution < 1.29 is 0 Å². The number of benzene rings is 1. The fourth-order valence-electron chi connectivity index (χ4n) is 3.52. The second-order valence-electron chi connectivity index (χ2n) is 6.18. The fraction of sp³-hybridized carbons (Fsp3) is 0.625. The first-order valence-corrected chi connectivity index (χ1v) is 8.07. The molecule has 4 heteroatoms. The Kier molecular flexibility index (Phi) is 4.49. The zero-order valence-corrected chi connectivity index (χ0v) is 12.7. The Morgan fingerprint density at radius 3 is 2.50 bits per heavy atom. The van der Waals surface area contributed by atoms with Crippen LogP contribution in [-0.2, 0) is 0 Å². The number of rotatable bonds is 3. The highest BCUT2D eigenvalue weighted by atomic mass is 35.5. The number of piperazine rings is 1. The van der Waals surface area contributed by atoms with Crippen molar-refractivity contribution in [2.24, 2.45) is 11.7 Å². The molecule has 1 aliphatic heterocycles. The summed E-state index contributed by atoms with van der Waals surface area (Å²) in [6, 6.07) is 8.60. The fourth-order valence-corrected chi connectivity index (χ4v) is 3.78. The largest absolute Gasteiger partial charge is 0.368 e. The Morgan fingerprint density at radius 1 is 1.10 bits per heavy atom. The lowest BCUT2D eigenvalue weighted by atomic mass is 10.1. The highest BCUT2D eigenvalue weighted by Gasteiger charge is 2.26. The van der Waals surface area contributed by atoms with Crippen molar-refractivity contribution in [1.82, 2.24) is 4.90 Å². The van der Waals surface area contributed by atoms with Crippen LogP contribution in [0.2, 0.25) is 5.02 Å². The van der Waals surface area contributed by atoms with E-state index < -0.39 is 0 Å². The van der Waals surface area contributed by atoms with Crippen LogP contribution in [0.15, 0.2) is 24.3 Å². The number of halogens is 1. The number of nitrogens with zero attached hydrogens (tertiary/aromatic N) is 2. The zero-order valence-electron chi connectivity index (χ0n) is 12.0. The lowest BCUT2D eigenvalue weighted by Crippen LogP contribution is -2.47. The topological polar surface area (TPSA) is 32.5 Å². The molecule has 1 aliphatic carbocycles. The molecule has 0 bridgehead atoms. The molecule has 2 fully saturated rings. The summed E-state index contributed by atoms with van der Waals surface area (Å²) in [7, 11) is 0. The van der Waals surface area contributed by atoms with Gasteiger partial charge in [-0.1, -0.05) is 23.7 Å². The molecule has 1 saturated heterocycles. The summed E-state index contributed by atoms with van der Waals surface area (Å²) in [4.78, 5) is 5.00. The molecule has 2 aliphatic rings. The summed E-state index contributed by atoms with van der Waals surface area (Å²) < 4.78 is 0. The van der Waals surface area contributed by atoms with E-state index in [1.54, 1.807) is 0 Å². The summed E-state index contributed by atoms with van der Waals surface area (Å²) in [5.41, 5.74) is 7.18. The Bertz CT molecular complexity index is 443. The maximum Gasteiger partial charge on any atom is 0.0639 e. The molecule has 1 heterocycles. The van der Waals surface area contributed by atoms with Crippen LogP contribution in [0.3, 0.4) is 0 Å². The van der Waals surface area contributed by atoms with Gasteiger partial charge in [0.2, 0.25) is 0 Å². The van der Waals surface area contributed by atoms with Crippen LogP contribution in [0, 0.1) is 5.92 Å². The molecule has 110 valence electrons. The van der Waals surface area contributed by atoms with Gasteiger partial charge in [-0.2, -0.15) is 0 Å². The average molecular weight is 294 g/mol. The number of hydrogen-bond donors (Lipinski definition) is 1. The molecule has 0 spiro atoms. The molecule has 0 radical (unpaired) electrons. The third kappa shape index (κ3) is 3.27. The van der Waals surface area contributed by atoms with E-state index in [2.05, 4.69) is 21.9 Å². The van der Waals surface area contributed by atoms with Crippen molar-refractivity contribution in [2.75, 3.05) is 37.6 Å². The van der Waals surface area contributed by atoms with Gasteiger partial charge in [0, 0.05) is 38.8 Å². The van der Waals surface area contributed by atoms with Gasteiger partial charge in [-0.15, -0.1) is 0 Å². The molecule has 20 heavy (non-hydrogen) atoms. The molecule has 1 aromatic carbocycles. The van der Waals surface area contributed by atoms with E-state index in [0.717, 1.165) is 37.1 Å². The summed E-state index contributed by atoms with van der Waals surface area (Å²) in [5, 5.41) is 0.864. The van der Waals surface area contributed by atoms with Crippen molar-refractivity contribution in [2.45, 2.75) is 25.3 Å². The van der Waals surface area contributed by atoms with E-state index in [1.807, 2.05) is 12.1 Å². The van der Waals surface area contributed by atoms with Crippen LogP contribution < -0.4 is 10.6 Å². The molecule has 2 N–H and O–H groups in total. The van der Waals surface area contributed by atoms with Gasteiger partial charge < -0.3 is 10.6 Å². The van der Waals surface area contributed by atoms with Gasteiger partial charge in [-0.05, 0) is 37.3 Å². The van der Waals surface area contributed by atoms with Gasteiger partial charge in [0.15, 0.2) is 0 Å². The average Bonchev–Trinajstić information content (AvgIpc) is 2.86. The summed E-state index contributed by atoms with van der Waals surface area (Å²) in [6.07, 6.45) is 3.74. The van der Waals surface area contributed by atoms with E-state index in [9.17, 15) is 0 Å². The van der Waals surface area contributed by atoms with Gasteiger partial charge in [0.1, 0.15) is 0 Å². The molecular formula is C16H24ClN3. The first kappa shape index (κ1) is 14.2. The van der Waals surface area contributed by atoms with Gasteiger partial charge in [-0.25, -0.2) is 0 Å². The SMILES string of the molecule is NC1CCC(CN2CCN(c3ccccc3Cl)CC2)C1. The van der Waals surface area contributed by atoms with Crippen LogP contribution in [0.1, 0.15) is 19.3 Å². The van der Waals surface area contributed by atoms with Crippen LogP contribution in [0.5, 0.6) is 0 Å². The van der Waals surface area contributed by atoms with E-state index in [4.69, 9.17) is 17.3 Å². The number of hydrogen-bond acceptors (Lipinski definition) is 3. The van der Waals surface area contributed by atoms with Crippen LogP contribution in [0.25, 0.3) is 0 Å². The summed E-state index contributed by atoms with van der Waals surface area (Å²) in [6.45, 7) is 5.64. The normalized spacial score (nSPS) is 28.0. The number of para-hydroxylation sites is 1. The van der Waals surface area contributed by atoms with Gasteiger partial charge in [-0.3, -0.25) is 4.90 Å². The molecule has 1 saturated carbocycles. The van der Waals surface area contributed by atoms with Gasteiger partial charge in [0.05, 0.1) is 10.7 Å². The molecule has 2 atom stereocenters. The first-order chi connectivity index (χ1) is 9.72. The van der Waals surface area contributed by atoms with Crippen LogP contribution in [0.4, 0.5) is 5.69 Å². The van der Waals surface area contributed by atoms with E-state index in [-0.39, 0.29) is 0 Å². The molecule has 3 rings (SSSR count). The van der Waals surface area contributed by atoms with Crippen molar-refractivity contribution in [3.05, 3.63) is 29.3 Å². The predicted octanol–water partition coefficient (Wildman–Crippen LogP) is 2.59. The third-order valence-corrected chi connectivity index (χ3v) is 4.98. The maximum atomic E-state index is 6.28. The second-order valence-corrected chi connectivity index (χ2v) is 6.59. The summed E-state index contributed by atoms with van der Waals surface area (Å²) in [5.74, 6) is 0.817. The molecule has 1 aromatic rings. The molecule has 0 amide bonds. The highest BCUT2D eigenvalue weighted by molar-refractivity contribution is 6.33. The van der Waals surface area contributed by atoms with Gasteiger partial charge in [0.25, 0.3) is 0 Å². The minimum Gasteiger partial charge on any atom is -0.368 e. The van der Waals surface area contributed by atoms with Crippen molar-refractivity contribution in [3.8, 4) is 0 Å². The highest BCUT2D eigenvalue weighted by Crippen LogP contribution is 2.28. The molecular weight excluding hydrogens is 270 g/mol. The van der Waals surface area contributed by atoms with E-state index in [0.29, 0.717) is 6.04 Å². The minimum atomic E-state index is 0.449. The molecule has 0 aromatic heterocycles. The Balaban J connectivity index is 1.51. The molecule has 3 nitrogen and oxygen atoms in total. The first-order valence-electron chi connectivity index (χ1n) is 7.70. The lowest BCUT2D eigenvalue weighted by Gasteiger charge is -2.37. The Labute approximate surface area is 126 Å². The molecule has 2 unspecified atom stereocenters. The van der Waals surface area contributed by atoms with Crippen molar-refractivity contribution in [3.63, 3.8) is 0 Å². The summed E-state index contributed by atoms with van der Waals surface area (Å²) >= 11 is 6.28. The quantitative estimate of drug-likeness (QED) is 0.930. The maximum absolute atomic E-state index is 6.28. The van der Waals surface area contributed by atoms with Crippen LogP contribution in [-0.4, -0.2) is 43.7 Å². The van der Waals surface area contributed by atoms with E-state index in [1.165, 1.54) is 31.5 Å². The second kappa shape index (κ2) is 6.33. The lowest BCUT2D eigenvalue weighted by molar-refractivity contribution is 0.219. The van der Waals surface area contributed by atoms with Crippen molar-refractivity contribution >= 4 is 17.3 Å². The predicted molar refractivity (Wildman–Crippen MR) is 85.4 cm³/mol. The monoisotopic (exact) mass is 293 g/mol. The number of nitrogens with two attached hydrogens (primary N) is 1. The van der Waals surface area contributed by atoms with Crippen LogP contribution >= 0.6 is 11.6 Å².